The summed E-state index contributed by atoms with van der Waals surface area (Å²) in [6.07, 6.45) is 1.27. The second-order valence-electron chi connectivity index (χ2n) is 12.5. The van der Waals surface area contributed by atoms with Crippen molar-refractivity contribution in [3.8, 4) is 29.0 Å². The topological polar surface area (TPSA) is 114 Å². The molecule has 1 N–H and O–H groups in total. The average Bonchev–Trinajstić information content (AvgIpc) is 3.57. The Morgan fingerprint density at radius 1 is 0.944 bits per heavy atom. The quantitative estimate of drug-likeness (QED) is 0.119. The molecular weight excluding hydrogens is 708 g/mol. The van der Waals surface area contributed by atoms with E-state index in [2.05, 4.69) is 22.1 Å². The van der Waals surface area contributed by atoms with Crippen molar-refractivity contribution < 1.29 is 23.4 Å². The smallest absolute Gasteiger partial charge is 0.307 e. The summed E-state index contributed by atoms with van der Waals surface area (Å²) in [5.41, 5.74) is 2.75. The zero-order chi connectivity index (χ0) is 37.9. The summed E-state index contributed by atoms with van der Waals surface area (Å²) in [4.78, 5) is 44.6. The number of carbonyl (C=O) groups excluding carboxylic acids is 1. The zero-order valence-electron chi connectivity index (χ0n) is 29.9. The number of fused-ring (bicyclic) bond motifs is 4. The van der Waals surface area contributed by atoms with E-state index in [0.29, 0.717) is 38.2 Å². The number of ether oxygens (including phenoxy) is 3. The number of pyridine rings is 1. The fraction of sp³-hybridized carbons (Fsp3) is 0.190. The first-order chi connectivity index (χ1) is 26.2. The Morgan fingerprint density at radius 2 is 1.72 bits per heavy atom. The molecule has 0 aliphatic rings. The molecule has 10 nitrogen and oxygen atoms in total. The van der Waals surface area contributed by atoms with Crippen molar-refractivity contribution in [3.63, 3.8) is 0 Å². The minimum atomic E-state index is -0.610. The van der Waals surface area contributed by atoms with Gasteiger partial charge in [0.15, 0.2) is 11.5 Å². The molecule has 3 heterocycles. The minimum Gasteiger partial charge on any atom is -0.493 e. The first kappa shape index (κ1) is 36.1. The van der Waals surface area contributed by atoms with Gasteiger partial charge < -0.3 is 19.5 Å². The van der Waals surface area contributed by atoms with Gasteiger partial charge in [-0.05, 0) is 67.9 Å². The zero-order valence-corrected chi connectivity index (χ0v) is 30.8. The van der Waals surface area contributed by atoms with Gasteiger partial charge in [-0.25, -0.2) is 9.37 Å². The number of rotatable bonds is 10. The average molecular weight is 743 g/mol. The lowest BCUT2D eigenvalue weighted by Gasteiger charge is -2.19. The Labute approximate surface area is 313 Å². The molecule has 1 unspecified atom stereocenters. The van der Waals surface area contributed by atoms with Crippen molar-refractivity contribution >= 4 is 48.4 Å². The number of hydrogen-bond donors (Lipinski definition) is 1. The summed E-state index contributed by atoms with van der Waals surface area (Å²) in [6, 6.07) is 24.8. The monoisotopic (exact) mass is 742 g/mol. The Balaban J connectivity index is 1.08. The highest BCUT2D eigenvalue weighted by atomic mass is 32.1. The molecule has 0 amide bonds. The number of aromatic nitrogens is 3. The molecule has 4 aromatic carbocycles. The highest BCUT2D eigenvalue weighted by Crippen LogP contribution is 2.38. The van der Waals surface area contributed by atoms with Crippen LogP contribution in [-0.2, 0) is 22.7 Å². The van der Waals surface area contributed by atoms with Crippen LogP contribution in [0.5, 0.6) is 11.5 Å². The molecule has 7 rings (SSSR count). The summed E-state index contributed by atoms with van der Waals surface area (Å²) in [5.74, 6) is 6.08. The van der Waals surface area contributed by atoms with Crippen LogP contribution in [0.15, 0.2) is 101 Å². The van der Waals surface area contributed by atoms with Crippen LogP contribution in [0.1, 0.15) is 41.8 Å². The standard InChI is InChI=1S/C42H35FN4O6S/c1-25(44-2)33-20-28-10-8-9-27(38(28)41(49)47(33)30-11-6-5-7-12-30)15-13-26-14-16-32(43)29(19-26)23-53-37(48)17-18-46-24-45-39-31-21-34(51-3)35(52-4)22-36(31)54-40(39)42(46)50/h5-12,14,16,19-22,24-25,44H,17-18,23H2,1-4H3. The minimum absolute atomic E-state index is 0.0296. The van der Waals surface area contributed by atoms with E-state index in [9.17, 15) is 18.8 Å². The number of esters is 1. The van der Waals surface area contributed by atoms with Crippen molar-refractivity contribution in [2.24, 2.45) is 0 Å². The molecule has 0 saturated heterocycles. The molecule has 7 aromatic rings. The maximum atomic E-state index is 14.9. The summed E-state index contributed by atoms with van der Waals surface area (Å²) < 4.78 is 35.4. The van der Waals surface area contributed by atoms with Crippen LogP contribution in [0.4, 0.5) is 4.39 Å². The predicted octanol–water partition coefficient (Wildman–Crippen LogP) is 6.89. The van der Waals surface area contributed by atoms with Crippen molar-refractivity contribution in [1.82, 2.24) is 19.4 Å². The molecule has 54 heavy (non-hydrogen) atoms. The lowest BCUT2D eigenvalue weighted by Crippen LogP contribution is -2.27. The van der Waals surface area contributed by atoms with Crippen molar-refractivity contribution in [1.29, 1.82) is 0 Å². The number of methoxy groups -OCH3 is 2. The molecule has 272 valence electrons. The highest BCUT2D eigenvalue weighted by Gasteiger charge is 2.18. The summed E-state index contributed by atoms with van der Waals surface area (Å²) >= 11 is 1.28. The first-order valence-electron chi connectivity index (χ1n) is 17.1. The highest BCUT2D eigenvalue weighted by molar-refractivity contribution is 7.25. The van der Waals surface area contributed by atoms with Crippen LogP contribution in [0, 0.1) is 17.7 Å². The number of para-hydroxylation sites is 1. The van der Waals surface area contributed by atoms with Gasteiger partial charge >= 0.3 is 5.97 Å². The van der Waals surface area contributed by atoms with E-state index in [1.54, 1.807) is 29.9 Å². The van der Waals surface area contributed by atoms with Crippen LogP contribution in [0.3, 0.4) is 0 Å². The van der Waals surface area contributed by atoms with E-state index < -0.39 is 11.8 Å². The molecule has 0 spiro atoms. The molecule has 3 aromatic heterocycles. The van der Waals surface area contributed by atoms with Crippen molar-refractivity contribution in [2.75, 3.05) is 21.3 Å². The fourth-order valence-corrected chi connectivity index (χ4v) is 7.41. The normalized spacial score (nSPS) is 11.7. The van der Waals surface area contributed by atoms with Gasteiger partial charge in [-0.2, -0.15) is 0 Å². The molecule has 1 atom stereocenters. The van der Waals surface area contributed by atoms with Gasteiger partial charge in [-0.1, -0.05) is 42.2 Å². The van der Waals surface area contributed by atoms with E-state index in [4.69, 9.17) is 14.2 Å². The van der Waals surface area contributed by atoms with E-state index in [0.717, 1.165) is 26.9 Å². The third kappa shape index (κ3) is 6.94. The fourth-order valence-electron chi connectivity index (χ4n) is 6.29. The molecule has 0 radical (unpaired) electrons. The van der Waals surface area contributed by atoms with Crippen LogP contribution < -0.4 is 25.9 Å². The van der Waals surface area contributed by atoms with E-state index in [1.165, 1.54) is 47.5 Å². The SMILES string of the molecule is CNC(C)c1cc2cccc(C#Cc3ccc(F)c(COC(=O)CCn4cnc5c(sc6cc(OC)c(OC)cc65)c4=O)c3)c2c(=O)n1-c1ccccc1. The summed E-state index contributed by atoms with van der Waals surface area (Å²) in [6.45, 7) is 1.70. The second kappa shape index (κ2) is 15.4. The summed E-state index contributed by atoms with van der Waals surface area (Å²) in [7, 11) is 4.93. The van der Waals surface area contributed by atoms with E-state index >= 15 is 0 Å². The maximum Gasteiger partial charge on any atom is 0.307 e. The third-order valence-electron chi connectivity index (χ3n) is 9.25. The Bertz CT molecular complexity index is 2750. The van der Waals surface area contributed by atoms with Gasteiger partial charge in [0.05, 0.1) is 37.9 Å². The van der Waals surface area contributed by atoms with Crippen LogP contribution in [0.2, 0.25) is 0 Å². The van der Waals surface area contributed by atoms with E-state index in [-0.39, 0.29) is 42.3 Å². The lowest BCUT2D eigenvalue weighted by atomic mass is 10.0. The number of hydrogen-bond acceptors (Lipinski definition) is 9. The lowest BCUT2D eigenvalue weighted by molar-refractivity contribution is -0.145. The van der Waals surface area contributed by atoms with Gasteiger partial charge in [0.25, 0.3) is 11.1 Å². The van der Waals surface area contributed by atoms with Crippen LogP contribution in [-0.4, -0.2) is 41.4 Å². The maximum absolute atomic E-state index is 14.9. The number of halogens is 1. The largest absolute Gasteiger partial charge is 0.493 e. The third-order valence-corrected chi connectivity index (χ3v) is 10.4. The number of carbonyl (C=O) groups is 1. The number of nitrogens with one attached hydrogen (secondary N) is 1. The molecule has 0 saturated carbocycles. The number of thiophene rings is 1. The first-order valence-corrected chi connectivity index (χ1v) is 17.9. The Hall–Kier alpha value is -6.29. The molecule has 0 aliphatic heterocycles. The number of nitrogens with zero attached hydrogens (tertiary/aromatic N) is 3. The van der Waals surface area contributed by atoms with Crippen LogP contribution in [0.25, 0.3) is 36.8 Å². The molecule has 12 heteroatoms. The van der Waals surface area contributed by atoms with Gasteiger partial charge in [0, 0.05) is 56.8 Å². The molecule has 0 bridgehead atoms. The Kier molecular flexibility index (Phi) is 10.3. The van der Waals surface area contributed by atoms with Crippen molar-refractivity contribution in [3.05, 3.63) is 140 Å². The van der Waals surface area contributed by atoms with Gasteiger partial charge in [-0.3, -0.25) is 23.5 Å². The second-order valence-corrected chi connectivity index (χ2v) is 13.6. The van der Waals surface area contributed by atoms with Gasteiger partial charge in [0.2, 0.25) is 0 Å². The van der Waals surface area contributed by atoms with Gasteiger partial charge in [0.1, 0.15) is 17.1 Å². The molecule has 0 fully saturated rings. The summed E-state index contributed by atoms with van der Waals surface area (Å²) in [5, 5.41) is 5.22. The molecular formula is C42H35FN4O6S. The number of benzene rings is 4. The Morgan fingerprint density at radius 3 is 2.48 bits per heavy atom. The van der Waals surface area contributed by atoms with Crippen molar-refractivity contribution in [2.45, 2.75) is 32.5 Å². The molecule has 0 aliphatic carbocycles. The van der Waals surface area contributed by atoms with Gasteiger partial charge in [-0.15, -0.1) is 11.3 Å². The van der Waals surface area contributed by atoms with E-state index in [1.807, 2.05) is 62.5 Å². The van der Waals surface area contributed by atoms with Crippen LogP contribution >= 0.6 is 11.3 Å². The number of aryl methyl sites for hydroxylation is 1. The predicted molar refractivity (Wildman–Crippen MR) is 208 cm³/mol.